The summed E-state index contributed by atoms with van der Waals surface area (Å²) in [6.45, 7) is 5.00. The zero-order chi connectivity index (χ0) is 18.2. The first-order valence-electron chi connectivity index (χ1n) is 7.90. The molecule has 0 aliphatic rings. The van der Waals surface area contributed by atoms with Crippen molar-refractivity contribution in [3.8, 4) is 5.75 Å². The van der Waals surface area contributed by atoms with E-state index in [0.717, 1.165) is 16.8 Å². The number of methoxy groups -OCH3 is 1. The third-order valence-corrected chi connectivity index (χ3v) is 3.58. The fraction of sp³-hybridized carbons (Fsp3) is 0.263. The van der Waals surface area contributed by atoms with Gasteiger partial charge in [0.2, 0.25) is 0 Å². The smallest absolute Gasteiger partial charge is 0.257 e. The predicted octanol–water partition coefficient (Wildman–Crippen LogP) is 3.46. The molecule has 2 aromatic carbocycles. The quantitative estimate of drug-likeness (QED) is 0.612. The molecule has 132 valence electrons. The third-order valence-electron chi connectivity index (χ3n) is 3.38. The Morgan fingerprint density at radius 1 is 1.04 bits per heavy atom. The Balaban J connectivity index is 1.91. The SMILES string of the molecule is COCCOc1ccc(C(=O)NC(=S)Nc2cc(C)cc(C)c2)cc1. The molecule has 0 bridgehead atoms. The van der Waals surface area contributed by atoms with Crippen LogP contribution >= 0.6 is 12.2 Å². The summed E-state index contributed by atoms with van der Waals surface area (Å²) in [6, 6.07) is 12.9. The molecule has 1 amide bonds. The second-order valence-electron chi connectivity index (χ2n) is 5.65. The van der Waals surface area contributed by atoms with Gasteiger partial charge >= 0.3 is 0 Å². The fourth-order valence-electron chi connectivity index (χ4n) is 2.33. The van der Waals surface area contributed by atoms with Crippen molar-refractivity contribution < 1.29 is 14.3 Å². The Hall–Kier alpha value is -2.44. The number of carbonyl (C=O) groups is 1. The lowest BCUT2D eigenvalue weighted by Gasteiger charge is -2.11. The number of rotatable bonds is 6. The number of carbonyl (C=O) groups excluding carboxylic acids is 1. The second kappa shape index (κ2) is 9.15. The van der Waals surface area contributed by atoms with Crippen molar-refractivity contribution in [2.24, 2.45) is 0 Å². The first-order chi connectivity index (χ1) is 12.0. The number of nitrogens with one attached hydrogen (secondary N) is 2. The van der Waals surface area contributed by atoms with E-state index < -0.39 is 0 Å². The average Bonchev–Trinajstić information content (AvgIpc) is 2.54. The summed E-state index contributed by atoms with van der Waals surface area (Å²) in [5.41, 5.74) is 3.61. The molecule has 0 atom stereocenters. The van der Waals surface area contributed by atoms with Crippen LogP contribution in [0.4, 0.5) is 5.69 Å². The second-order valence-corrected chi connectivity index (χ2v) is 6.06. The van der Waals surface area contributed by atoms with Crippen LogP contribution < -0.4 is 15.4 Å². The molecule has 0 spiro atoms. The molecule has 6 heteroatoms. The number of benzene rings is 2. The number of hydrogen-bond donors (Lipinski definition) is 2. The predicted molar refractivity (Wildman–Crippen MR) is 103 cm³/mol. The Bertz CT molecular complexity index is 725. The molecule has 2 N–H and O–H groups in total. The van der Waals surface area contributed by atoms with E-state index in [1.165, 1.54) is 0 Å². The zero-order valence-corrected chi connectivity index (χ0v) is 15.4. The van der Waals surface area contributed by atoms with Crippen molar-refractivity contribution in [3.63, 3.8) is 0 Å². The van der Waals surface area contributed by atoms with Crippen molar-refractivity contribution in [1.82, 2.24) is 5.32 Å². The average molecular weight is 358 g/mol. The Morgan fingerprint density at radius 2 is 1.68 bits per heavy atom. The lowest BCUT2D eigenvalue weighted by Crippen LogP contribution is -2.34. The van der Waals surface area contributed by atoms with Crippen LogP contribution in [0, 0.1) is 13.8 Å². The van der Waals surface area contributed by atoms with Crippen molar-refractivity contribution >= 4 is 28.9 Å². The van der Waals surface area contributed by atoms with Gasteiger partial charge in [-0.2, -0.15) is 0 Å². The van der Waals surface area contributed by atoms with Gasteiger partial charge in [-0.15, -0.1) is 0 Å². The van der Waals surface area contributed by atoms with Gasteiger partial charge in [0.1, 0.15) is 12.4 Å². The van der Waals surface area contributed by atoms with Gasteiger partial charge in [0.25, 0.3) is 5.91 Å². The number of thiocarbonyl (C=S) groups is 1. The molecule has 0 saturated carbocycles. The molecular formula is C19H22N2O3S. The number of amides is 1. The molecule has 0 aliphatic carbocycles. The highest BCUT2D eigenvalue weighted by molar-refractivity contribution is 7.80. The van der Waals surface area contributed by atoms with E-state index in [4.69, 9.17) is 21.7 Å². The lowest BCUT2D eigenvalue weighted by molar-refractivity contribution is 0.0977. The summed E-state index contributed by atoms with van der Waals surface area (Å²) in [6.07, 6.45) is 0. The van der Waals surface area contributed by atoms with Crippen LogP contribution in [-0.2, 0) is 4.74 Å². The minimum absolute atomic E-state index is 0.260. The van der Waals surface area contributed by atoms with Gasteiger partial charge in [0.15, 0.2) is 5.11 Å². The first-order valence-corrected chi connectivity index (χ1v) is 8.31. The van der Waals surface area contributed by atoms with E-state index in [0.29, 0.717) is 24.5 Å². The molecule has 0 heterocycles. The Kier molecular flexibility index (Phi) is 6.91. The third kappa shape index (κ3) is 6.17. The minimum Gasteiger partial charge on any atom is -0.491 e. The summed E-state index contributed by atoms with van der Waals surface area (Å²) in [5, 5.41) is 5.97. The number of anilines is 1. The largest absolute Gasteiger partial charge is 0.491 e. The van der Waals surface area contributed by atoms with Gasteiger partial charge in [0.05, 0.1) is 6.61 Å². The van der Waals surface area contributed by atoms with Crippen LogP contribution in [0.25, 0.3) is 0 Å². The summed E-state index contributed by atoms with van der Waals surface area (Å²) in [4.78, 5) is 12.3. The van der Waals surface area contributed by atoms with Crippen LogP contribution in [0.15, 0.2) is 42.5 Å². The lowest BCUT2D eigenvalue weighted by atomic mass is 10.1. The van der Waals surface area contributed by atoms with Gasteiger partial charge in [-0.25, -0.2) is 0 Å². The molecule has 0 fully saturated rings. The van der Waals surface area contributed by atoms with Crippen molar-refractivity contribution in [1.29, 1.82) is 0 Å². The van der Waals surface area contributed by atoms with E-state index in [2.05, 4.69) is 16.7 Å². The van der Waals surface area contributed by atoms with Crippen LogP contribution in [-0.4, -0.2) is 31.3 Å². The molecule has 0 radical (unpaired) electrons. The highest BCUT2D eigenvalue weighted by Crippen LogP contribution is 2.14. The monoisotopic (exact) mass is 358 g/mol. The maximum absolute atomic E-state index is 12.3. The molecule has 25 heavy (non-hydrogen) atoms. The maximum atomic E-state index is 12.3. The van der Waals surface area contributed by atoms with Crippen molar-refractivity contribution in [3.05, 3.63) is 59.2 Å². The number of ether oxygens (including phenoxy) is 2. The summed E-state index contributed by atoms with van der Waals surface area (Å²) >= 11 is 5.21. The van der Waals surface area contributed by atoms with Crippen molar-refractivity contribution in [2.45, 2.75) is 13.8 Å². The van der Waals surface area contributed by atoms with Crippen LogP contribution in [0.3, 0.4) is 0 Å². The van der Waals surface area contributed by atoms with E-state index in [-0.39, 0.29) is 11.0 Å². The number of aryl methyl sites for hydroxylation is 2. The molecule has 2 aromatic rings. The summed E-state index contributed by atoms with van der Waals surface area (Å²) in [5.74, 6) is 0.412. The highest BCUT2D eigenvalue weighted by Gasteiger charge is 2.08. The van der Waals surface area contributed by atoms with E-state index in [1.54, 1.807) is 31.4 Å². The highest BCUT2D eigenvalue weighted by atomic mass is 32.1. The van der Waals surface area contributed by atoms with Crippen LogP contribution in [0.5, 0.6) is 5.75 Å². The zero-order valence-electron chi connectivity index (χ0n) is 14.6. The first kappa shape index (κ1) is 18.9. The molecule has 0 aliphatic heterocycles. The van der Waals surface area contributed by atoms with E-state index >= 15 is 0 Å². The van der Waals surface area contributed by atoms with Crippen molar-refractivity contribution in [2.75, 3.05) is 25.6 Å². The standard InChI is InChI=1S/C19H22N2O3S/c1-13-10-14(2)12-16(11-13)20-19(25)21-18(22)15-4-6-17(7-5-15)24-9-8-23-3/h4-7,10-12H,8-9H2,1-3H3,(H2,20,21,22,25). The van der Waals surface area contributed by atoms with Crippen LogP contribution in [0.2, 0.25) is 0 Å². The Morgan fingerprint density at radius 3 is 2.28 bits per heavy atom. The van der Waals surface area contributed by atoms with E-state index in [9.17, 15) is 4.79 Å². The van der Waals surface area contributed by atoms with E-state index in [1.807, 2.05) is 26.0 Å². The van der Waals surface area contributed by atoms with Gasteiger partial charge < -0.3 is 14.8 Å². The van der Waals surface area contributed by atoms with Gasteiger partial charge in [-0.1, -0.05) is 6.07 Å². The number of hydrogen-bond acceptors (Lipinski definition) is 4. The van der Waals surface area contributed by atoms with Gasteiger partial charge in [-0.3, -0.25) is 10.1 Å². The van der Waals surface area contributed by atoms with Crippen LogP contribution in [0.1, 0.15) is 21.5 Å². The fourth-order valence-corrected chi connectivity index (χ4v) is 2.54. The maximum Gasteiger partial charge on any atom is 0.257 e. The molecular weight excluding hydrogens is 336 g/mol. The molecule has 0 aromatic heterocycles. The molecule has 2 rings (SSSR count). The Labute approximate surface area is 153 Å². The van der Waals surface area contributed by atoms with Gasteiger partial charge in [0, 0.05) is 18.4 Å². The molecule has 0 saturated heterocycles. The molecule has 0 unspecified atom stereocenters. The summed E-state index contributed by atoms with van der Waals surface area (Å²) < 4.78 is 10.4. The summed E-state index contributed by atoms with van der Waals surface area (Å²) in [7, 11) is 1.62. The normalized spacial score (nSPS) is 10.2. The van der Waals surface area contributed by atoms with Gasteiger partial charge in [-0.05, 0) is 73.6 Å². The minimum atomic E-state index is -0.273. The molecule has 5 nitrogen and oxygen atoms in total. The topological polar surface area (TPSA) is 59.6 Å².